The number of nitrogens with zero attached hydrogens (tertiary/aromatic N) is 4. The summed E-state index contributed by atoms with van der Waals surface area (Å²) in [5.41, 5.74) is 13.2. The monoisotopic (exact) mass is 662 g/mol. The topological polar surface area (TPSA) is 51.6 Å². The molecule has 4 heterocycles. The van der Waals surface area contributed by atoms with E-state index in [1.165, 1.54) is 49.0 Å². The Kier molecular flexibility index (Phi) is 7.10. The third kappa shape index (κ3) is 5.17. The Morgan fingerprint density at radius 1 is 0.288 bits per heavy atom. The van der Waals surface area contributed by atoms with Crippen LogP contribution in [0.4, 0.5) is 0 Å². The molecule has 0 aliphatic rings. The summed E-state index contributed by atoms with van der Waals surface area (Å²) in [6.07, 6.45) is 11.1. The first-order valence-corrected chi connectivity index (χ1v) is 17.4. The normalized spacial score (nSPS) is 11.5. The van der Waals surface area contributed by atoms with E-state index < -0.39 is 0 Å². The van der Waals surface area contributed by atoms with Gasteiger partial charge in [-0.1, -0.05) is 60.7 Å². The lowest BCUT2D eigenvalue weighted by molar-refractivity contribution is 1.31. The highest BCUT2D eigenvalue weighted by atomic mass is 14.7. The zero-order valence-corrected chi connectivity index (χ0v) is 28.1. The molecule has 0 aliphatic carbocycles. The summed E-state index contributed by atoms with van der Waals surface area (Å²) in [5.74, 6) is 0. The van der Waals surface area contributed by atoms with Gasteiger partial charge in [0.15, 0.2) is 0 Å². The van der Waals surface area contributed by atoms with Crippen LogP contribution in [0.25, 0.3) is 99.3 Å². The van der Waals surface area contributed by atoms with Crippen molar-refractivity contribution >= 4 is 32.3 Å². The highest BCUT2D eigenvalue weighted by Gasteiger charge is 2.17. The van der Waals surface area contributed by atoms with Crippen LogP contribution in [-0.2, 0) is 0 Å². The van der Waals surface area contributed by atoms with Crippen molar-refractivity contribution in [2.75, 3.05) is 0 Å². The van der Waals surface area contributed by atoms with Crippen molar-refractivity contribution in [3.8, 4) is 67.0 Å². The lowest BCUT2D eigenvalue weighted by Gasteiger charge is -2.18. The second kappa shape index (κ2) is 12.4. The Morgan fingerprint density at radius 3 is 1.13 bits per heavy atom. The number of hydrogen-bond acceptors (Lipinski definition) is 4. The van der Waals surface area contributed by atoms with Crippen molar-refractivity contribution in [3.05, 3.63) is 183 Å². The molecule has 4 heteroatoms. The van der Waals surface area contributed by atoms with Crippen molar-refractivity contribution in [1.82, 2.24) is 19.9 Å². The van der Waals surface area contributed by atoms with Crippen LogP contribution >= 0.6 is 0 Å². The minimum absolute atomic E-state index is 0.934. The average Bonchev–Trinajstić information content (AvgIpc) is 3.23. The average molecular weight is 663 g/mol. The number of hydrogen-bond donors (Lipinski definition) is 0. The van der Waals surface area contributed by atoms with E-state index >= 15 is 0 Å². The van der Waals surface area contributed by atoms with Gasteiger partial charge in [-0.05, 0) is 162 Å². The highest BCUT2D eigenvalue weighted by molar-refractivity contribution is 6.27. The Morgan fingerprint density at radius 2 is 0.692 bits per heavy atom. The number of aromatic nitrogens is 4. The summed E-state index contributed by atoms with van der Waals surface area (Å²) in [6.45, 7) is 0. The van der Waals surface area contributed by atoms with E-state index in [0.717, 1.165) is 50.3 Å². The van der Waals surface area contributed by atoms with E-state index in [2.05, 4.69) is 131 Å². The lowest BCUT2D eigenvalue weighted by atomic mass is 9.85. The molecule has 0 saturated carbocycles. The third-order valence-electron chi connectivity index (χ3n) is 10.1. The fourth-order valence-electron chi connectivity index (χ4n) is 7.66. The summed E-state index contributed by atoms with van der Waals surface area (Å²) >= 11 is 0. The molecule has 0 radical (unpaired) electrons. The first kappa shape index (κ1) is 29.8. The Balaban J connectivity index is 1.20. The first-order valence-electron chi connectivity index (χ1n) is 17.4. The van der Waals surface area contributed by atoms with Gasteiger partial charge in [0.1, 0.15) is 0 Å². The number of rotatable bonds is 6. The fraction of sp³-hybridized carbons (Fsp3) is 0. The SMILES string of the molecule is c1ccc(-c2cc(-c3ccccn3)cc(-c3ccc4ccc5c(-c6cc(-c7ccncc7)cc(-c7ccncc7)c6)ccc6ccc3c4c65)c2)nc1. The van der Waals surface area contributed by atoms with Gasteiger partial charge in [-0.25, -0.2) is 0 Å². The molecule has 0 unspecified atom stereocenters. The molecule has 0 amide bonds. The summed E-state index contributed by atoms with van der Waals surface area (Å²) < 4.78 is 0. The van der Waals surface area contributed by atoms with Crippen molar-refractivity contribution < 1.29 is 0 Å². The van der Waals surface area contributed by atoms with E-state index in [1.54, 1.807) is 0 Å². The van der Waals surface area contributed by atoms with Crippen LogP contribution in [-0.4, -0.2) is 19.9 Å². The molecule has 0 aliphatic heterocycles. The van der Waals surface area contributed by atoms with Gasteiger partial charge >= 0.3 is 0 Å². The molecule has 0 N–H and O–H groups in total. The van der Waals surface area contributed by atoms with Gasteiger partial charge in [0.25, 0.3) is 0 Å². The van der Waals surface area contributed by atoms with Crippen LogP contribution in [0, 0.1) is 0 Å². The van der Waals surface area contributed by atoms with Crippen LogP contribution in [0.2, 0.25) is 0 Å². The van der Waals surface area contributed by atoms with Crippen LogP contribution in [0.5, 0.6) is 0 Å². The van der Waals surface area contributed by atoms with Crippen molar-refractivity contribution in [2.24, 2.45) is 0 Å². The highest BCUT2D eigenvalue weighted by Crippen LogP contribution is 2.44. The lowest BCUT2D eigenvalue weighted by Crippen LogP contribution is -1.92. The third-order valence-corrected chi connectivity index (χ3v) is 10.1. The van der Waals surface area contributed by atoms with Crippen molar-refractivity contribution in [1.29, 1.82) is 0 Å². The van der Waals surface area contributed by atoms with E-state index in [9.17, 15) is 0 Å². The van der Waals surface area contributed by atoms with E-state index in [4.69, 9.17) is 9.97 Å². The molecule has 10 rings (SSSR count). The molecule has 6 aromatic carbocycles. The Hall–Kier alpha value is -7.04. The van der Waals surface area contributed by atoms with Gasteiger partial charge in [0.2, 0.25) is 0 Å². The Labute approximate surface area is 301 Å². The largest absolute Gasteiger partial charge is 0.265 e. The molecule has 242 valence electrons. The second-order valence-corrected chi connectivity index (χ2v) is 13.1. The molecule has 52 heavy (non-hydrogen) atoms. The number of pyridine rings is 4. The maximum atomic E-state index is 4.71. The van der Waals surface area contributed by atoms with Crippen LogP contribution in [0.1, 0.15) is 0 Å². The molecule has 0 atom stereocenters. The molecule has 4 aromatic heterocycles. The van der Waals surface area contributed by atoms with Crippen LogP contribution < -0.4 is 0 Å². The molecule has 0 spiro atoms. The van der Waals surface area contributed by atoms with E-state index in [1.807, 2.05) is 61.4 Å². The van der Waals surface area contributed by atoms with Crippen molar-refractivity contribution in [3.63, 3.8) is 0 Å². The van der Waals surface area contributed by atoms with E-state index in [0.29, 0.717) is 0 Å². The predicted molar refractivity (Wildman–Crippen MR) is 214 cm³/mol. The van der Waals surface area contributed by atoms with E-state index in [-0.39, 0.29) is 0 Å². The molecule has 10 aromatic rings. The van der Waals surface area contributed by atoms with Gasteiger partial charge in [-0.3, -0.25) is 19.9 Å². The minimum atomic E-state index is 0.934. The summed E-state index contributed by atoms with van der Waals surface area (Å²) in [6, 6.07) is 52.2. The van der Waals surface area contributed by atoms with Gasteiger partial charge in [0.05, 0.1) is 11.4 Å². The Bertz CT molecular complexity index is 2560. The summed E-state index contributed by atoms with van der Waals surface area (Å²) in [4.78, 5) is 18.0. The first-order chi connectivity index (χ1) is 25.8. The standard InChI is InChI=1S/C48H30N4/c1-3-19-51-45(5-1)39-28-38(29-40(30-39)46-6-2-4-20-52-46)42-12-8-34-9-13-43-41(11-7-33-10-14-44(42)48(34)47(33)43)37-26-35(31-15-21-49-22-16-31)25-36(27-37)32-17-23-50-24-18-32/h1-30H. The number of benzene rings is 6. The smallest absolute Gasteiger partial charge is 0.0702 e. The zero-order chi connectivity index (χ0) is 34.4. The second-order valence-electron chi connectivity index (χ2n) is 13.1. The van der Waals surface area contributed by atoms with Gasteiger partial charge in [-0.2, -0.15) is 0 Å². The quantitative estimate of drug-likeness (QED) is 0.166. The van der Waals surface area contributed by atoms with Gasteiger partial charge in [0, 0.05) is 48.3 Å². The molecule has 0 saturated heterocycles. The summed E-state index contributed by atoms with van der Waals surface area (Å²) in [7, 11) is 0. The molecule has 0 fully saturated rings. The van der Waals surface area contributed by atoms with Crippen LogP contribution in [0.15, 0.2) is 183 Å². The molecule has 0 bridgehead atoms. The fourth-order valence-corrected chi connectivity index (χ4v) is 7.66. The maximum absolute atomic E-state index is 4.71. The molecular formula is C48H30N4. The predicted octanol–water partition coefficient (Wildman–Crippen LogP) is 12.2. The van der Waals surface area contributed by atoms with Crippen molar-refractivity contribution in [2.45, 2.75) is 0 Å². The molecule has 4 nitrogen and oxygen atoms in total. The van der Waals surface area contributed by atoms with Gasteiger partial charge < -0.3 is 0 Å². The minimum Gasteiger partial charge on any atom is -0.265 e. The zero-order valence-electron chi connectivity index (χ0n) is 28.1. The maximum Gasteiger partial charge on any atom is 0.0702 e. The molecular weight excluding hydrogens is 633 g/mol. The van der Waals surface area contributed by atoms with Crippen LogP contribution in [0.3, 0.4) is 0 Å². The van der Waals surface area contributed by atoms with Gasteiger partial charge in [-0.15, -0.1) is 0 Å². The summed E-state index contributed by atoms with van der Waals surface area (Å²) in [5, 5.41) is 7.46.